The zero-order valence-corrected chi connectivity index (χ0v) is 18.6. The molecule has 1 aliphatic heterocycles. The molecule has 33 heavy (non-hydrogen) atoms. The van der Waals surface area contributed by atoms with Gasteiger partial charge < -0.3 is 20.5 Å². The largest absolute Gasteiger partial charge is 0.372 e. The summed E-state index contributed by atoms with van der Waals surface area (Å²) in [6, 6.07) is 4.60. The highest BCUT2D eigenvalue weighted by Crippen LogP contribution is 2.33. The van der Waals surface area contributed by atoms with Gasteiger partial charge >= 0.3 is 0 Å². The van der Waals surface area contributed by atoms with Crippen LogP contribution >= 0.6 is 0 Å². The van der Waals surface area contributed by atoms with Crippen molar-refractivity contribution in [1.29, 1.82) is 0 Å². The molecule has 10 heteroatoms. The van der Waals surface area contributed by atoms with Crippen LogP contribution in [0.3, 0.4) is 0 Å². The molecule has 1 saturated heterocycles. The minimum Gasteiger partial charge on any atom is -0.372 e. The third kappa shape index (κ3) is 3.55. The van der Waals surface area contributed by atoms with E-state index in [1.54, 1.807) is 10.7 Å². The quantitative estimate of drug-likeness (QED) is 0.432. The average Bonchev–Trinajstić information content (AvgIpc) is 3.58. The van der Waals surface area contributed by atoms with E-state index in [0.717, 1.165) is 72.4 Å². The fourth-order valence-electron chi connectivity index (χ4n) is 5.21. The van der Waals surface area contributed by atoms with Crippen molar-refractivity contribution in [3.8, 4) is 11.3 Å². The summed E-state index contributed by atoms with van der Waals surface area (Å²) in [6.07, 6.45) is 11.3. The Labute approximate surface area is 190 Å². The molecule has 5 heterocycles. The summed E-state index contributed by atoms with van der Waals surface area (Å²) in [5.74, 6) is 1.68. The van der Waals surface area contributed by atoms with Gasteiger partial charge in [0.15, 0.2) is 5.65 Å². The summed E-state index contributed by atoms with van der Waals surface area (Å²) >= 11 is 0. The number of amides is 1. The van der Waals surface area contributed by atoms with Gasteiger partial charge in [0.05, 0.1) is 11.1 Å². The topological polar surface area (TPSA) is 116 Å². The molecule has 1 saturated carbocycles. The lowest BCUT2D eigenvalue weighted by Gasteiger charge is -2.34. The standard InChI is InChI=1S/C23H27N9O/c1-24-21-20-16(17-8-9-18-25-10-12-32(18)30-17)13-26-22(20)29-23(28-21)27-14-4-6-15(7-5-14)31-11-2-3-19(31)33/h8-10,12-15H,2-7,11H2,1H3,(H3,24,26,27,28,29)/t14-,15-. The average molecular weight is 446 g/mol. The van der Waals surface area contributed by atoms with Crippen molar-refractivity contribution in [2.75, 3.05) is 24.2 Å². The predicted octanol–water partition coefficient (Wildman–Crippen LogP) is 3.05. The van der Waals surface area contributed by atoms with Gasteiger partial charge in [-0.1, -0.05) is 0 Å². The zero-order valence-electron chi connectivity index (χ0n) is 18.6. The van der Waals surface area contributed by atoms with Gasteiger partial charge in [0.1, 0.15) is 11.5 Å². The molecule has 0 atom stereocenters. The maximum absolute atomic E-state index is 12.1. The van der Waals surface area contributed by atoms with Crippen molar-refractivity contribution in [3.05, 3.63) is 30.7 Å². The van der Waals surface area contributed by atoms with Gasteiger partial charge in [-0.2, -0.15) is 15.1 Å². The van der Waals surface area contributed by atoms with Crippen LogP contribution in [0.15, 0.2) is 30.7 Å². The SMILES string of the molecule is CNc1nc(N[C@H]2CC[C@H](N3CCCC3=O)CC2)nc2[nH]cc(-c3ccc4nccn4n3)c12. The summed E-state index contributed by atoms with van der Waals surface area (Å²) in [6.45, 7) is 0.921. The maximum atomic E-state index is 12.1. The van der Waals surface area contributed by atoms with E-state index in [1.165, 1.54) is 0 Å². The number of anilines is 2. The summed E-state index contributed by atoms with van der Waals surface area (Å²) < 4.78 is 1.76. The van der Waals surface area contributed by atoms with Crippen LogP contribution in [0.1, 0.15) is 38.5 Å². The number of imidazole rings is 1. The second kappa shape index (κ2) is 8.02. The number of carbonyl (C=O) groups excluding carboxylic acids is 1. The van der Waals surface area contributed by atoms with Crippen LogP contribution in [-0.2, 0) is 4.79 Å². The Kier molecular flexibility index (Phi) is 4.85. The Morgan fingerprint density at radius 1 is 1.15 bits per heavy atom. The zero-order chi connectivity index (χ0) is 22.4. The molecule has 1 aliphatic carbocycles. The number of aromatic nitrogens is 6. The lowest BCUT2D eigenvalue weighted by Crippen LogP contribution is -2.41. The molecule has 4 aromatic heterocycles. The van der Waals surface area contributed by atoms with Crippen LogP contribution in [0.4, 0.5) is 11.8 Å². The molecule has 0 radical (unpaired) electrons. The fourth-order valence-corrected chi connectivity index (χ4v) is 5.21. The van der Waals surface area contributed by atoms with Crippen LogP contribution in [-0.4, -0.2) is 66.0 Å². The van der Waals surface area contributed by atoms with E-state index < -0.39 is 0 Å². The van der Waals surface area contributed by atoms with Gasteiger partial charge in [-0.15, -0.1) is 0 Å². The van der Waals surface area contributed by atoms with Crippen LogP contribution < -0.4 is 10.6 Å². The Morgan fingerprint density at radius 2 is 2.03 bits per heavy atom. The molecule has 2 aliphatic rings. The number of nitrogens with one attached hydrogen (secondary N) is 3. The molecular weight excluding hydrogens is 418 g/mol. The van der Waals surface area contributed by atoms with Crippen molar-refractivity contribution in [2.45, 2.75) is 50.6 Å². The van der Waals surface area contributed by atoms with Crippen LogP contribution in [0.5, 0.6) is 0 Å². The molecule has 10 nitrogen and oxygen atoms in total. The highest BCUT2D eigenvalue weighted by Gasteiger charge is 2.31. The molecule has 0 unspecified atom stereocenters. The lowest BCUT2D eigenvalue weighted by molar-refractivity contribution is -0.130. The number of fused-ring (bicyclic) bond motifs is 2. The number of H-pyrrole nitrogens is 1. The number of carbonyl (C=O) groups is 1. The van der Waals surface area contributed by atoms with Crippen molar-refractivity contribution >= 4 is 34.4 Å². The van der Waals surface area contributed by atoms with Crippen molar-refractivity contribution in [2.24, 2.45) is 0 Å². The summed E-state index contributed by atoms with van der Waals surface area (Å²) in [4.78, 5) is 31.2. The summed E-state index contributed by atoms with van der Waals surface area (Å²) in [5.41, 5.74) is 3.32. The van der Waals surface area contributed by atoms with Crippen LogP contribution in [0, 0.1) is 0 Å². The third-order valence-electron chi connectivity index (χ3n) is 6.88. The van der Waals surface area contributed by atoms with Crippen molar-refractivity contribution in [1.82, 2.24) is 34.4 Å². The molecule has 6 rings (SSSR count). The van der Waals surface area contributed by atoms with E-state index in [9.17, 15) is 4.79 Å². The highest BCUT2D eigenvalue weighted by molar-refractivity contribution is 6.00. The first-order chi connectivity index (χ1) is 16.2. The van der Waals surface area contributed by atoms with Gasteiger partial charge in [0, 0.05) is 56.3 Å². The number of aromatic amines is 1. The minimum atomic E-state index is 0.306. The second-order valence-electron chi connectivity index (χ2n) is 8.86. The first-order valence-corrected chi connectivity index (χ1v) is 11.6. The molecule has 0 spiro atoms. The molecule has 3 N–H and O–H groups in total. The minimum absolute atomic E-state index is 0.306. The van der Waals surface area contributed by atoms with Gasteiger partial charge in [-0.3, -0.25) is 4.79 Å². The molecule has 4 aromatic rings. The Balaban J connectivity index is 1.23. The van der Waals surface area contributed by atoms with E-state index in [0.29, 0.717) is 30.4 Å². The predicted molar refractivity (Wildman–Crippen MR) is 126 cm³/mol. The van der Waals surface area contributed by atoms with Gasteiger partial charge in [-0.05, 0) is 44.2 Å². The molecular formula is C23H27N9O. The van der Waals surface area contributed by atoms with E-state index in [1.807, 2.05) is 31.6 Å². The Bertz CT molecular complexity index is 1320. The maximum Gasteiger partial charge on any atom is 0.226 e. The monoisotopic (exact) mass is 445 g/mol. The van der Waals surface area contributed by atoms with E-state index in [2.05, 4.69) is 30.6 Å². The number of nitrogens with zero attached hydrogens (tertiary/aromatic N) is 6. The van der Waals surface area contributed by atoms with Crippen LogP contribution in [0.2, 0.25) is 0 Å². The molecule has 1 amide bonds. The Morgan fingerprint density at radius 3 is 2.82 bits per heavy atom. The number of hydrogen-bond donors (Lipinski definition) is 3. The molecule has 2 fully saturated rings. The number of rotatable bonds is 5. The smallest absolute Gasteiger partial charge is 0.226 e. The highest BCUT2D eigenvalue weighted by atomic mass is 16.2. The third-order valence-corrected chi connectivity index (χ3v) is 6.88. The number of likely N-dealkylation sites (tertiary alicyclic amines) is 1. The fraction of sp³-hybridized carbons (Fsp3) is 0.435. The van der Waals surface area contributed by atoms with E-state index >= 15 is 0 Å². The van der Waals surface area contributed by atoms with E-state index in [-0.39, 0.29) is 0 Å². The molecule has 170 valence electrons. The van der Waals surface area contributed by atoms with E-state index in [4.69, 9.17) is 9.97 Å². The number of hydrogen-bond acceptors (Lipinski definition) is 7. The first-order valence-electron chi connectivity index (χ1n) is 11.6. The first kappa shape index (κ1) is 20.0. The van der Waals surface area contributed by atoms with Gasteiger partial charge in [0.2, 0.25) is 11.9 Å². The van der Waals surface area contributed by atoms with Gasteiger partial charge in [-0.25, -0.2) is 9.50 Å². The van der Waals surface area contributed by atoms with Crippen molar-refractivity contribution < 1.29 is 4.79 Å². The normalized spacial score (nSPS) is 21.2. The van der Waals surface area contributed by atoms with Crippen LogP contribution in [0.25, 0.3) is 27.9 Å². The lowest BCUT2D eigenvalue weighted by atomic mass is 9.90. The second-order valence-corrected chi connectivity index (χ2v) is 8.86. The molecule has 0 aromatic carbocycles. The summed E-state index contributed by atoms with van der Waals surface area (Å²) in [5, 5.41) is 12.3. The van der Waals surface area contributed by atoms with Gasteiger partial charge in [0.25, 0.3) is 0 Å². The van der Waals surface area contributed by atoms with Crippen molar-refractivity contribution in [3.63, 3.8) is 0 Å². The summed E-state index contributed by atoms with van der Waals surface area (Å²) in [7, 11) is 1.87. The molecule has 0 bridgehead atoms. The Hall–Kier alpha value is -3.69.